The van der Waals surface area contributed by atoms with Crippen LogP contribution in [0.25, 0.3) is 0 Å². The zero-order chi connectivity index (χ0) is 24.7. The SMILES string of the molecule is Cl.Cl.NCCC[C@H](N[C@@H](CNC(=O)Nc1ccccc1)Cc1ccccc1)C(=O)NCc1ccccc1. The topological polar surface area (TPSA) is 108 Å². The summed E-state index contributed by atoms with van der Waals surface area (Å²) >= 11 is 0. The van der Waals surface area contributed by atoms with Gasteiger partial charge >= 0.3 is 6.03 Å². The van der Waals surface area contributed by atoms with Crippen LogP contribution < -0.4 is 27.0 Å². The van der Waals surface area contributed by atoms with Gasteiger partial charge in [-0.15, -0.1) is 24.8 Å². The van der Waals surface area contributed by atoms with Crippen molar-refractivity contribution in [3.05, 3.63) is 102 Å². The molecule has 3 rings (SSSR count). The molecule has 0 spiro atoms. The molecule has 0 aliphatic carbocycles. The summed E-state index contributed by atoms with van der Waals surface area (Å²) in [6.07, 6.45) is 1.99. The molecule has 0 fully saturated rings. The molecule has 0 bridgehead atoms. The average Bonchev–Trinajstić information content (AvgIpc) is 2.90. The van der Waals surface area contributed by atoms with E-state index in [-0.39, 0.29) is 42.8 Å². The van der Waals surface area contributed by atoms with Gasteiger partial charge in [0.05, 0.1) is 6.04 Å². The van der Waals surface area contributed by atoms with E-state index in [0.717, 1.165) is 23.2 Å². The average molecular weight is 547 g/mol. The summed E-state index contributed by atoms with van der Waals surface area (Å²) in [7, 11) is 0. The summed E-state index contributed by atoms with van der Waals surface area (Å²) in [6.45, 7) is 1.32. The number of carbonyl (C=O) groups is 2. The summed E-state index contributed by atoms with van der Waals surface area (Å²) < 4.78 is 0. The highest BCUT2D eigenvalue weighted by Crippen LogP contribution is 2.08. The van der Waals surface area contributed by atoms with Gasteiger partial charge in [-0.2, -0.15) is 0 Å². The van der Waals surface area contributed by atoms with E-state index >= 15 is 0 Å². The Morgan fingerprint density at radius 2 is 1.32 bits per heavy atom. The quantitative estimate of drug-likeness (QED) is 0.221. The number of carbonyl (C=O) groups excluding carboxylic acids is 2. The van der Waals surface area contributed by atoms with E-state index in [2.05, 4.69) is 21.3 Å². The van der Waals surface area contributed by atoms with Crippen LogP contribution in [-0.2, 0) is 17.8 Å². The van der Waals surface area contributed by atoms with Crippen molar-refractivity contribution >= 4 is 42.4 Å². The fourth-order valence-corrected chi connectivity index (χ4v) is 3.81. The van der Waals surface area contributed by atoms with Crippen molar-refractivity contribution in [1.82, 2.24) is 16.0 Å². The number of nitrogens with one attached hydrogen (secondary N) is 4. The zero-order valence-corrected chi connectivity index (χ0v) is 22.4. The van der Waals surface area contributed by atoms with E-state index in [9.17, 15) is 9.59 Å². The number of halogens is 2. The molecule has 6 N–H and O–H groups in total. The van der Waals surface area contributed by atoms with Crippen LogP contribution in [0.5, 0.6) is 0 Å². The minimum Gasteiger partial charge on any atom is -0.351 e. The van der Waals surface area contributed by atoms with Crippen LogP contribution in [0.2, 0.25) is 0 Å². The van der Waals surface area contributed by atoms with E-state index in [1.54, 1.807) is 0 Å². The Morgan fingerprint density at radius 1 is 0.757 bits per heavy atom. The van der Waals surface area contributed by atoms with Crippen molar-refractivity contribution in [1.29, 1.82) is 0 Å². The van der Waals surface area contributed by atoms with Crippen molar-refractivity contribution in [3.8, 4) is 0 Å². The highest BCUT2D eigenvalue weighted by atomic mass is 35.5. The van der Waals surface area contributed by atoms with Crippen LogP contribution in [0.4, 0.5) is 10.5 Å². The number of rotatable bonds is 13. The molecule has 0 unspecified atom stereocenters. The molecular formula is C28H37Cl2N5O2. The number of para-hydroxylation sites is 1. The molecule has 0 aromatic heterocycles. The first kappa shape index (κ1) is 31.9. The standard InChI is InChI=1S/C28H35N5O2.2ClH/c29-18-10-17-26(27(34)30-20-23-13-6-2-7-14-23)32-25(19-22-11-4-1-5-12-22)21-31-28(35)33-24-15-8-3-9-16-24;;/h1-9,11-16,25-26,32H,10,17-21,29H2,(H,30,34)(H2,31,33,35);2*1H/t25-,26+;;/m1../s1. The fourth-order valence-electron chi connectivity index (χ4n) is 3.81. The number of nitrogens with two attached hydrogens (primary N) is 1. The van der Waals surface area contributed by atoms with Crippen LogP contribution in [0.15, 0.2) is 91.0 Å². The van der Waals surface area contributed by atoms with Crippen LogP contribution in [0, 0.1) is 0 Å². The van der Waals surface area contributed by atoms with Crippen molar-refractivity contribution in [3.63, 3.8) is 0 Å². The molecule has 9 heteroatoms. The Hall–Kier alpha value is -3.10. The fraction of sp³-hybridized carbons (Fsp3) is 0.286. The molecule has 0 radical (unpaired) electrons. The third-order valence-corrected chi connectivity index (χ3v) is 5.63. The van der Waals surface area contributed by atoms with Crippen molar-refractivity contribution < 1.29 is 9.59 Å². The summed E-state index contributed by atoms with van der Waals surface area (Å²) in [5.41, 5.74) is 8.63. The Bertz CT molecular complexity index is 1030. The molecule has 0 saturated heterocycles. The summed E-state index contributed by atoms with van der Waals surface area (Å²) in [5.74, 6) is -0.0749. The van der Waals surface area contributed by atoms with Gasteiger partial charge in [0.2, 0.25) is 5.91 Å². The van der Waals surface area contributed by atoms with E-state index in [0.29, 0.717) is 32.5 Å². The predicted molar refractivity (Wildman–Crippen MR) is 155 cm³/mol. The monoisotopic (exact) mass is 545 g/mol. The molecule has 3 aromatic rings. The van der Waals surface area contributed by atoms with E-state index in [1.165, 1.54) is 0 Å². The highest BCUT2D eigenvalue weighted by Gasteiger charge is 2.22. The van der Waals surface area contributed by atoms with Crippen molar-refractivity contribution in [2.24, 2.45) is 5.73 Å². The number of amides is 3. The lowest BCUT2D eigenvalue weighted by Crippen LogP contribution is -2.52. The van der Waals surface area contributed by atoms with Crippen molar-refractivity contribution in [2.45, 2.75) is 37.9 Å². The van der Waals surface area contributed by atoms with Crippen LogP contribution in [0.1, 0.15) is 24.0 Å². The number of urea groups is 1. The number of anilines is 1. The third-order valence-electron chi connectivity index (χ3n) is 5.63. The van der Waals surface area contributed by atoms with Gasteiger partial charge in [0.25, 0.3) is 0 Å². The minimum absolute atomic E-state index is 0. The summed E-state index contributed by atoms with van der Waals surface area (Å²) in [6, 6.07) is 28.3. The molecule has 200 valence electrons. The highest BCUT2D eigenvalue weighted by molar-refractivity contribution is 5.89. The maximum atomic E-state index is 13.1. The molecule has 0 saturated carbocycles. The second kappa shape index (κ2) is 18.2. The molecule has 3 amide bonds. The second-order valence-corrected chi connectivity index (χ2v) is 8.44. The lowest BCUT2D eigenvalue weighted by molar-refractivity contribution is -0.123. The Balaban J connectivity index is 0.00000342. The number of benzene rings is 3. The first-order valence-corrected chi connectivity index (χ1v) is 12.1. The zero-order valence-electron chi connectivity index (χ0n) is 20.8. The molecule has 7 nitrogen and oxygen atoms in total. The van der Waals surface area contributed by atoms with Gasteiger partial charge in [-0.25, -0.2) is 4.79 Å². The normalized spacial score (nSPS) is 11.7. The first-order chi connectivity index (χ1) is 17.1. The van der Waals surface area contributed by atoms with E-state index < -0.39 is 6.04 Å². The lowest BCUT2D eigenvalue weighted by atomic mass is 10.0. The van der Waals surface area contributed by atoms with Gasteiger partial charge in [0, 0.05) is 24.8 Å². The first-order valence-electron chi connectivity index (χ1n) is 12.1. The predicted octanol–water partition coefficient (Wildman–Crippen LogP) is 4.28. The third kappa shape index (κ3) is 12.1. The maximum absolute atomic E-state index is 13.1. The van der Waals surface area contributed by atoms with Gasteiger partial charge in [0.1, 0.15) is 0 Å². The van der Waals surface area contributed by atoms with E-state index in [1.807, 2.05) is 91.0 Å². The minimum atomic E-state index is -0.421. The van der Waals surface area contributed by atoms with Gasteiger partial charge in [-0.1, -0.05) is 78.9 Å². The number of hydrogen-bond donors (Lipinski definition) is 5. The van der Waals surface area contributed by atoms with Crippen LogP contribution >= 0.6 is 24.8 Å². The Labute approximate surface area is 231 Å². The van der Waals surface area contributed by atoms with Gasteiger partial charge in [-0.3, -0.25) is 4.79 Å². The van der Waals surface area contributed by atoms with Gasteiger partial charge < -0.3 is 27.0 Å². The van der Waals surface area contributed by atoms with E-state index in [4.69, 9.17) is 5.73 Å². The molecule has 0 aliphatic heterocycles. The number of hydrogen-bond acceptors (Lipinski definition) is 4. The summed E-state index contributed by atoms with van der Waals surface area (Å²) in [4.78, 5) is 25.6. The summed E-state index contributed by atoms with van der Waals surface area (Å²) in [5, 5.41) is 12.3. The molecule has 0 heterocycles. The molecule has 0 aliphatic rings. The Morgan fingerprint density at radius 3 is 1.92 bits per heavy atom. The molecular weight excluding hydrogens is 509 g/mol. The van der Waals surface area contributed by atoms with Gasteiger partial charge in [-0.05, 0) is 49.1 Å². The van der Waals surface area contributed by atoms with Gasteiger partial charge in [0.15, 0.2) is 0 Å². The molecule has 2 atom stereocenters. The van der Waals surface area contributed by atoms with Crippen LogP contribution in [-0.4, -0.2) is 37.1 Å². The molecule has 37 heavy (non-hydrogen) atoms. The molecule has 3 aromatic carbocycles. The maximum Gasteiger partial charge on any atom is 0.319 e. The smallest absolute Gasteiger partial charge is 0.319 e. The largest absolute Gasteiger partial charge is 0.351 e. The second-order valence-electron chi connectivity index (χ2n) is 8.44. The van der Waals surface area contributed by atoms with Crippen molar-refractivity contribution in [2.75, 3.05) is 18.4 Å². The lowest BCUT2D eigenvalue weighted by Gasteiger charge is -2.26. The van der Waals surface area contributed by atoms with Crippen LogP contribution in [0.3, 0.4) is 0 Å². The Kier molecular flexibility index (Phi) is 15.7.